The van der Waals surface area contributed by atoms with Crippen LogP contribution in [0.25, 0.3) is 0 Å². The highest BCUT2D eigenvalue weighted by Crippen LogP contribution is 2.37. The topological polar surface area (TPSA) is 87.8 Å². The Balaban J connectivity index is 1.84. The van der Waals surface area contributed by atoms with Gasteiger partial charge in [0.25, 0.3) is 5.56 Å². The smallest absolute Gasteiger partial charge is 0.254 e. The van der Waals surface area contributed by atoms with Gasteiger partial charge >= 0.3 is 0 Å². The molecule has 1 N–H and O–H groups in total. The maximum Gasteiger partial charge on any atom is 0.254 e. The SMILES string of the molecule is CSc1nc(C)cc(=O)n1CC(=O)Nc1sc2c(c1C#N)CCCC2. The van der Waals surface area contributed by atoms with Gasteiger partial charge in [-0.05, 0) is 44.4 Å². The highest BCUT2D eigenvalue weighted by Gasteiger charge is 2.22. The first-order chi connectivity index (χ1) is 12.0. The summed E-state index contributed by atoms with van der Waals surface area (Å²) < 4.78 is 1.35. The minimum absolute atomic E-state index is 0.115. The fourth-order valence-electron chi connectivity index (χ4n) is 2.98. The first-order valence-electron chi connectivity index (χ1n) is 8.00. The van der Waals surface area contributed by atoms with Crippen molar-refractivity contribution in [2.24, 2.45) is 0 Å². The van der Waals surface area contributed by atoms with E-state index in [4.69, 9.17) is 0 Å². The van der Waals surface area contributed by atoms with Crippen LogP contribution in [0.5, 0.6) is 0 Å². The number of amides is 1. The van der Waals surface area contributed by atoms with Crippen LogP contribution in [-0.4, -0.2) is 21.7 Å². The highest BCUT2D eigenvalue weighted by molar-refractivity contribution is 7.98. The molecule has 0 spiro atoms. The van der Waals surface area contributed by atoms with Gasteiger partial charge in [-0.2, -0.15) is 5.26 Å². The normalized spacial score (nSPS) is 13.2. The minimum atomic E-state index is -0.321. The number of anilines is 1. The van der Waals surface area contributed by atoms with Crippen molar-refractivity contribution in [3.05, 3.63) is 38.1 Å². The highest BCUT2D eigenvalue weighted by atomic mass is 32.2. The van der Waals surface area contributed by atoms with Crippen LogP contribution in [0.1, 0.15) is 34.5 Å². The van der Waals surface area contributed by atoms with Crippen molar-refractivity contribution in [3.63, 3.8) is 0 Å². The molecule has 8 heteroatoms. The standard InChI is InChI=1S/C17H18N4O2S2/c1-10-7-15(23)21(17(19-10)24-2)9-14(22)20-16-12(8-18)11-5-3-4-6-13(11)25-16/h7H,3-6,9H2,1-2H3,(H,20,22). The lowest BCUT2D eigenvalue weighted by Gasteiger charge is -2.10. The predicted octanol–water partition coefficient (Wildman–Crippen LogP) is 2.72. The predicted molar refractivity (Wildman–Crippen MR) is 99.3 cm³/mol. The van der Waals surface area contributed by atoms with Gasteiger partial charge in [-0.25, -0.2) is 4.98 Å². The van der Waals surface area contributed by atoms with Crippen LogP contribution in [0.4, 0.5) is 5.00 Å². The van der Waals surface area contributed by atoms with Crippen LogP contribution in [0.3, 0.4) is 0 Å². The van der Waals surface area contributed by atoms with E-state index in [1.807, 2.05) is 6.26 Å². The third kappa shape index (κ3) is 3.62. The Hall–Kier alpha value is -2.11. The summed E-state index contributed by atoms with van der Waals surface area (Å²) in [6.45, 7) is 1.64. The van der Waals surface area contributed by atoms with Crippen LogP contribution in [0.2, 0.25) is 0 Å². The summed E-state index contributed by atoms with van der Waals surface area (Å²) in [5.41, 5.74) is 2.03. The number of carbonyl (C=O) groups excluding carboxylic acids is 1. The number of hydrogen-bond acceptors (Lipinski definition) is 6. The Morgan fingerprint density at radius 1 is 1.48 bits per heavy atom. The monoisotopic (exact) mass is 374 g/mol. The number of carbonyl (C=O) groups is 1. The fraction of sp³-hybridized carbons (Fsp3) is 0.412. The van der Waals surface area contributed by atoms with Crippen molar-refractivity contribution in [2.45, 2.75) is 44.3 Å². The molecule has 2 heterocycles. The van der Waals surface area contributed by atoms with Crippen molar-refractivity contribution < 1.29 is 4.79 Å². The Labute approximate surface area is 153 Å². The number of fused-ring (bicyclic) bond motifs is 1. The lowest BCUT2D eigenvalue weighted by Crippen LogP contribution is -2.29. The van der Waals surface area contributed by atoms with Gasteiger partial charge in [-0.15, -0.1) is 11.3 Å². The van der Waals surface area contributed by atoms with E-state index in [2.05, 4.69) is 16.4 Å². The maximum absolute atomic E-state index is 12.5. The number of thiophene rings is 1. The summed E-state index contributed by atoms with van der Waals surface area (Å²) in [4.78, 5) is 30.1. The van der Waals surface area contributed by atoms with E-state index in [0.29, 0.717) is 21.4 Å². The molecule has 0 aromatic carbocycles. The molecule has 0 saturated carbocycles. The van der Waals surface area contributed by atoms with Crippen LogP contribution in [0, 0.1) is 18.3 Å². The van der Waals surface area contributed by atoms with Gasteiger partial charge in [-0.1, -0.05) is 11.8 Å². The Bertz CT molecular complexity index is 924. The summed E-state index contributed by atoms with van der Waals surface area (Å²) in [5.74, 6) is -0.321. The third-order valence-electron chi connectivity index (χ3n) is 4.12. The molecule has 0 atom stereocenters. The molecule has 0 radical (unpaired) electrons. The number of nitrogens with zero attached hydrogens (tertiary/aromatic N) is 3. The van der Waals surface area contributed by atoms with Crippen molar-refractivity contribution in [3.8, 4) is 6.07 Å². The van der Waals surface area contributed by atoms with E-state index in [1.165, 1.54) is 38.6 Å². The Morgan fingerprint density at radius 2 is 2.24 bits per heavy atom. The second-order valence-electron chi connectivity index (χ2n) is 5.88. The average molecular weight is 374 g/mol. The largest absolute Gasteiger partial charge is 0.315 e. The second-order valence-corrected chi connectivity index (χ2v) is 7.76. The molecule has 6 nitrogen and oxygen atoms in total. The molecule has 0 unspecified atom stereocenters. The summed E-state index contributed by atoms with van der Waals surface area (Å²) in [7, 11) is 0. The van der Waals surface area contributed by atoms with E-state index in [-0.39, 0.29) is 18.0 Å². The third-order valence-corrected chi connectivity index (χ3v) is 6.01. The van der Waals surface area contributed by atoms with Crippen LogP contribution < -0.4 is 10.9 Å². The molecule has 2 aromatic heterocycles. The summed E-state index contributed by atoms with van der Waals surface area (Å²) >= 11 is 2.80. The van der Waals surface area contributed by atoms with Crippen molar-refractivity contribution in [1.82, 2.24) is 9.55 Å². The number of hydrogen-bond donors (Lipinski definition) is 1. The molecule has 130 valence electrons. The zero-order valence-corrected chi connectivity index (χ0v) is 15.7. The summed E-state index contributed by atoms with van der Waals surface area (Å²) in [5, 5.41) is 13.4. The molecule has 2 aromatic rings. The molecule has 0 bridgehead atoms. The van der Waals surface area contributed by atoms with Crippen molar-refractivity contribution in [1.29, 1.82) is 5.26 Å². The summed E-state index contributed by atoms with van der Waals surface area (Å²) in [6.07, 6.45) is 5.86. The molecule has 0 saturated heterocycles. The van der Waals surface area contributed by atoms with Crippen LogP contribution in [-0.2, 0) is 24.2 Å². The Morgan fingerprint density at radius 3 is 2.96 bits per heavy atom. The minimum Gasteiger partial charge on any atom is -0.315 e. The van der Waals surface area contributed by atoms with E-state index in [9.17, 15) is 14.9 Å². The zero-order valence-electron chi connectivity index (χ0n) is 14.1. The number of nitrogens with one attached hydrogen (secondary N) is 1. The van der Waals surface area contributed by atoms with E-state index in [1.54, 1.807) is 6.92 Å². The molecule has 1 amide bonds. The van der Waals surface area contributed by atoms with E-state index >= 15 is 0 Å². The molecule has 0 aliphatic heterocycles. The number of rotatable bonds is 4. The number of nitriles is 1. The van der Waals surface area contributed by atoms with Crippen LogP contribution >= 0.6 is 23.1 Å². The molecule has 0 fully saturated rings. The van der Waals surface area contributed by atoms with E-state index in [0.717, 1.165) is 31.2 Å². The van der Waals surface area contributed by atoms with Gasteiger partial charge in [0.05, 0.1) is 5.56 Å². The Kier molecular flexibility index (Phi) is 5.25. The second kappa shape index (κ2) is 7.42. The molecular weight excluding hydrogens is 356 g/mol. The van der Waals surface area contributed by atoms with Gasteiger partial charge in [0.15, 0.2) is 5.16 Å². The zero-order chi connectivity index (χ0) is 18.0. The maximum atomic E-state index is 12.5. The van der Waals surface area contributed by atoms with Gasteiger partial charge in [-0.3, -0.25) is 14.2 Å². The molecular formula is C17H18N4O2S2. The van der Waals surface area contributed by atoms with Gasteiger partial charge in [0.1, 0.15) is 17.6 Å². The van der Waals surface area contributed by atoms with Crippen molar-refractivity contribution >= 4 is 34.0 Å². The number of aromatic nitrogens is 2. The van der Waals surface area contributed by atoms with Crippen molar-refractivity contribution in [2.75, 3.05) is 11.6 Å². The van der Waals surface area contributed by atoms with Gasteiger partial charge in [0, 0.05) is 16.6 Å². The average Bonchev–Trinajstić information content (AvgIpc) is 2.93. The molecule has 3 rings (SSSR count). The number of aryl methyl sites for hydroxylation is 2. The van der Waals surface area contributed by atoms with Gasteiger partial charge in [0.2, 0.25) is 5.91 Å². The molecule has 1 aliphatic rings. The lowest BCUT2D eigenvalue weighted by molar-refractivity contribution is -0.116. The van der Waals surface area contributed by atoms with E-state index < -0.39 is 0 Å². The molecule has 25 heavy (non-hydrogen) atoms. The fourth-order valence-corrected chi connectivity index (χ4v) is 4.84. The quantitative estimate of drug-likeness (QED) is 0.657. The summed E-state index contributed by atoms with van der Waals surface area (Å²) in [6, 6.07) is 3.64. The first-order valence-corrected chi connectivity index (χ1v) is 10.0. The molecule has 1 aliphatic carbocycles. The number of thioether (sulfide) groups is 1. The van der Waals surface area contributed by atoms with Crippen LogP contribution in [0.15, 0.2) is 16.0 Å². The first kappa shape index (κ1) is 17.7. The van der Waals surface area contributed by atoms with Gasteiger partial charge < -0.3 is 5.32 Å². The lowest BCUT2D eigenvalue weighted by atomic mass is 9.96.